The number of ether oxygens (including phenoxy) is 1. The Balaban J connectivity index is 2.25. The first-order valence-corrected chi connectivity index (χ1v) is 7.92. The van der Waals surface area contributed by atoms with Crippen molar-refractivity contribution >= 4 is 34.2 Å². The third-order valence-electron chi connectivity index (χ3n) is 3.10. The Labute approximate surface area is 134 Å². The van der Waals surface area contributed by atoms with Crippen molar-refractivity contribution in [2.75, 3.05) is 19.1 Å². The van der Waals surface area contributed by atoms with Crippen molar-refractivity contribution < 1.29 is 9.13 Å². The third-order valence-corrected chi connectivity index (χ3v) is 3.58. The van der Waals surface area contributed by atoms with Crippen LogP contribution in [0.25, 0.3) is 11.0 Å². The molecule has 3 nitrogen and oxygen atoms in total. The largest absolute Gasteiger partial charge is 0.379 e. The van der Waals surface area contributed by atoms with Crippen LogP contribution in [-0.2, 0) is 17.7 Å². The highest BCUT2D eigenvalue weighted by Crippen LogP contribution is 2.24. The van der Waals surface area contributed by atoms with E-state index in [4.69, 9.17) is 27.9 Å². The van der Waals surface area contributed by atoms with E-state index in [1.165, 1.54) is 6.07 Å². The normalized spacial score (nSPS) is 11.7. The molecule has 0 atom stereocenters. The molecule has 1 aromatic carbocycles. The van der Waals surface area contributed by atoms with Gasteiger partial charge in [0, 0.05) is 31.5 Å². The average Bonchev–Trinajstić information content (AvgIpc) is 2.73. The lowest BCUT2D eigenvalue weighted by atomic mass is 10.2. The van der Waals surface area contributed by atoms with Crippen LogP contribution in [0.2, 0.25) is 5.02 Å². The Bertz CT molecular complexity index is 613. The zero-order valence-corrected chi connectivity index (χ0v) is 13.7. The molecular formula is C15H19Cl2FN2O. The van der Waals surface area contributed by atoms with E-state index < -0.39 is 5.82 Å². The van der Waals surface area contributed by atoms with Crippen LogP contribution >= 0.6 is 23.2 Å². The van der Waals surface area contributed by atoms with Crippen LogP contribution in [0.1, 0.15) is 19.7 Å². The summed E-state index contributed by atoms with van der Waals surface area (Å²) in [6.45, 7) is 6.09. The highest BCUT2D eigenvalue weighted by molar-refractivity contribution is 6.31. The maximum Gasteiger partial charge on any atom is 0.144 e. The van der Waals surface area contributed by atoms with Crippen molar-refractivity contribution in [1.82, 2.24) is 9.55 Å². The molecule has 1 heterocycles. The maximum atomic E-state index is 13.7. The van der Waals surface area contributed by atoms with Crippen molar-refractivity contribution in [1.29, 1.82) is 0 Å². The van der Waals surface area contributed by atoms with E-state index in [1.807, 2.05) is 4.57 Å². The number of halogens is 3. The summed E-state index contributed by atoms with van der Waals surface area (Å²) in [6.07, 6.45) is 0.625. The van der Waals surface area contributed by atoms with Gasteiger partial charge in [0.25, 0.3) is 0 Å². The van der Waals surface area contributed by atoms with Crippen molar-refractivity contribution in [2.24, 2.45) is 5.92 Å². The fraction of sp³-hybridized carbons (Fsp3) is 0.533. The molecule has 0 radical (unpaired) electrons. The summed E-state index contributed by atoms with van der Waals surface area (Å²) in [6, 6.07) is 2.97. The smallest absolute Gasteiger partial charge is 0.144 e. The summed E-state index contributed by atoms with van der Waals surface area (Å²) in [4.78, 5) is 4.49. The van der Waals surface area contributed by atoms with Gasteiger partial charge in [-0.2, -0.15) is 0 Å². The van der Waals surface area contributed by atoms with Gasteiger partial charge in [-0.25, -0.2) is 9.37 Å². The summed E-state index contributed by atoms with van der Waals surface area (Å²) < 4.78 is 21.2. The molecule has 0 bridgehead atoms. The highest BCUT2D eigenvalue weighted by atomic mass is 35.5. The van der Waals surface area contributed by atoms with Gasteiger partial charge < -0.3 is 9.30 Å². The average molecular weight is 333 g/mol. The standard InChI is InChI=1S/C15H19Cl2FN2O/c1-10(2)9-21-6-5-20-14-8-12(18)11(17)7-13(14)19-15(20)3-4-16/h7-8,10H,3-6,9H2,1-2H3. The molecule has 0 fully saturated rings. The topological polar surface area (TPSA) is 27.1 Å². The summed E-state index contributed by atoms with van der Waals surface area (Å²) >= 11 is 11.6. The van der Waals surface area contributed by atoms with Crippen LogP contribution in [0.3, 0.4) is 0 Å². The molecule has 116 valence electrons. The molecule has 0 spiro atoms. The van der Waals surface area contributed by atoms with E-state index in [2.05, 4.69) is 18.8 Å². The highest BCUT2D eigenvalue weighted by Gasteiger charge is 2.13. The summed E-state index contributed by atoms with van der Waals surface area (Å²) in [7, 11) is 0. The number of hydrogen-bond donors (Lipinski definition) is 0. The number of hydrogen-bond acceptors (Lipinski definition) is 2. The number of aryl methyl sites for hydroxylation is 1. The number of aromatic nitrogens is 2. The summed E-state index contributed by atoms with van der Waals surface area (Å²) in [5.74, 6) is 1.34. The first-order chi connectivity index (χ1) is 10.0. The van der Waals surface area contributed by atoms with E-state index in [-0.39, 0.29) is 5.02 Å². The lowest BCUT2D eigenvalue weighted by Gasteiger charge is -2.10. The van der Waals surface area contributed by atoms with Crippen LogP contribution in [0, 0.1) is 11.7 Å². The molecule has 0 amide bonds. The van der Waals surface area contributed by atoms with Gasteiger partial charge in [-0.15, -0.1) is 11.6 Å². The van der Waals surface area contributed by atoms with Gasteiger partial charge in [-0.05, 0) is 12.0 Å². The van der Waals surface area contributed by atoms with Crippen molar-refractivity contribution in [2.45, 2.75) is 26.8 Å². The van der Waals surface area contributed by atoms with Crippen LogP contribution in [0.5, 0.6) is 0 Å². The minimum Gasteiger partial charge on any atom is -0.379 e. The molecule has 0 aliphatic rings. The molecule has 2 aromatic rings. The van der Waals surface area contributed by atoms with Crippen LogP contribution < -0.4 is 0 Å². The van der Waals surface area contributed by atoms with Gasteiger partial charge in [0.2, 0.25) is 0 Å². The molecule has 0 N–H and O–H groups in total. The number of nitrogens with zero attached hydrogens (tertiary/aromatic N) is 2. The van der Waals surface area contributed by atoms with Crippen LogP contribution in [0.4, 0.5) is 4.39 Å². The Hall–Kier alpha value is -0.840. The molecule has 1 aromatic heterocycles. The molecule has 0 unspecified atom stereocenters. The Kier molecular flexibility index (Phi) is 5.85. The molecule has 0 aliphatic carbocycles. The molecule has 6 heteroatoms. The SMILES string of the molecule is CC(C)COCCn1c(CCCl)nc2cc(Cl)c(F)cc21. The van der Waals surface area contributed by atoms with Gasteiger partial charge >= 0.3 is 0 Å². The molecule has 0 saturated heterocycles. The second-order valence-corrected chi connectivity index (χ2v) is 6.13. The van der Waals surface area contributed by atoms with Crippen LogP contribution in [0.15, 0.2) is 12.1 Å². The lowest BCUT2D eigenvalue weighted by molar-refractivity contribution is 0.103. The van der Waals surface area contributed by atoms with Gasteiger partial charge in [0.15, 0.2) is 0 Å². The van der Waals surface area contributed by atoms with Gasteiger partial charge in [-0.3, -0.25) is 0 Å². The van der Waals surface area contributed by atoms with E-state index in [1.54, 1.807) is 6.07 Å². The fourth-order valence-electron chi connectivity index (χ4n) is 2.17. The number of fused-ring (bicyclic) bond motifs is 1. The zero-order valence-electron chi connectivity index (χ0n) is 12.2. The second-order valence-electron chi connectivity index (χ2n) is 5.34. The van der Waals surface area contributed by atoms with E-state index in [9.17, 15) is 4.39 Å². The Morgan fingerprint density at radius 2 is 2.14 bits per heavy atom. The summed E-state index contributed by atoms with van der Waals surface area (Å²) in [5.41, 5.74) is 1.41. The molecular weight excluding hydrogens is 314 g/mol. The third kappa shape index (κ3) is 4.09. The van der Waals surface area contributed by atoms with Crippen LogP contribution in [-0.4, -0.2) is 28.6 Å². The number of alkyl halides is 1. The van der Waals surface area contributed by atoms with Crippen molar-refractivity contribution in [3.8, 4) is 0 Å². The minimum absolute atomic E-state index is 0.0839. The Morgan fingerprint density at radius 3 is 2.81 bits per heavy atom. The van der Waals surface area contributed by atoms with Gasteiger partial charge in [-0.1, -0.05) is 25.4 Å². The Morgan fingerprint density at radius 1 is 1.38 bits per heavy atom. The molecule has 2 rings (SSSR count). The quantitative estimate of drug-likeness (QED) is 0.558. The molecule has 0 saturated carbocycles. The van der Waals surface area contributed by atoms with Gasteiger partial charge in [0.1, 0.15) is 11.6 Å². The lowest BCUT2D eigenvalue weighted by Crippen LogP contribution is -2.12. The summed E-state index contributed by atoms with van der Waals surface area (Å²) in [5, 5.41) is 0.0839. The second kappa shape index (κ2) is 7.43. The van der Waals surface area contributed by atoms with E-state index >= 15 is 0 Å². The first-order valence-electron chi connectivity index (χ1n) is 7.00. The zero-order chi connectivity index (χ0) is 15.4. The minimum atomic E-state index is -0.439. The predicted octanol–water partition coefficient (Wildman–Crippen LogP) is 4.28. The van der Waals surface area contributed by atoms with Crippen molar-refractivity contribution in [3.63, 3.8) is 0 Å². The number of rotatable bonds is 7. The number of benzene rings is 1. The molecule has 21 heavy (non-hydrogen) atoms. The maximum absolute atomic E-state index is 13.7. The van der Waals surface area contributed by atoms with Gasteiger partial charge in [0.05, 0.1) is 22.7 Å². The first kappa shape index (κ1) is 16.5. The number of imidazole rings is 1. The van der Waals surface area contributed by atoms with E-state index in [0.717, 1.165) is 11.3 Å². The van der Waals surface area contributed by atoms with Crippen molar-refractivity contribution in [3.05, 3.63) is 28.8 Å². The molecule has 0 aliphatic heterocycles. The monoisotopic (exact) mass is 332 g/mol. The van der Waals surface area contributed by atoms with E-state index in [0.29, 0.717) is 43.5 Å². The predicted molar refractivity (Wildman–Crippen MR) is 84.8 cm³/mol. The fourth-order valence-corrected chi connectivity index (χ4v) is 2.50.